The lowest BCUT2D eigenvalue weighted by Crippen LogP contribution is -2.33. The molecule has 0 radical (unpaired) electrons. The second kappa shape index (κ2) is 6.44. The fourth-order valence-corrected chi connectivity index (χ4v) is 2.67. The predicted molar refractivity (Wildman–Crippen MR) is 73.5 cm³/mol. The van der Waals surface area contributed by atoms with Gasteiger partial charge in [-0.2, -0.15) is 5.26 Å². The van der Waals surface area contributed by atoms with E-state index in [2.05, 4.69) is 11.4 Å². The molecular formula is C15H20N2O2. The van der Waals surface area contributed by atoms with E-state index in [4.69, 9.17) is 9.47 Å². The van der Waals surface area contributed by atoms with E-state index in [0.717, 1.165) is 43.0 Å². The third-order valence-electron chi connectivity index (χ3n) is 3.72. The van der Waals surface area contributed by atoms with Gasteiger partial charge in [0, 0.05) is 11.6 Å². The van der Waals surface area contributed by atoms with Gasteiger partial charge in [-0.1, -0.05) is 6.07 Å². The van der Waals surface area contributed by atoms with Gasteiger partial charge in [-0.15, -0.1) is 0 Å². The van der Waals surface area contributed by atoms with E-state index in [9.17, 15) is 5.26 Å². The molecule has 1 aromatic rings. The van der Waals surface area contributed by atoms with E-state index in [1.807, 2.05) is 18.2 Å². The van der Waals surface area contributed by atoms with Gasteiger partial charge in [0.25, 0.3) is 0 Å². The van der Waals surface area contributed by atoms with E-state index in [1.54, 1.807) is 14.2 Å². The zero-order chi connectivity index (χ0) is 13.7. The molecule has 2 unspecified atom stereocenters. The minimum atomic E-state index is -0.131. The summed E-state index contributed by atoms with van der Waals surface area (Å²) in [4.78, 5) is 0. The van der Waals surface area contributed by atoms with Crippen molar-refractivity contribution in [2.75, 3.05) is 27.3 Å². The van der Waals surface area contributed by atoms with E-state index >= 15 is 0 Å². The summed E-state index contributed by atoms with van der Waals surface area (Å²) in [7, 11) is 3.26. The first kappa shape index (κ1) is 13.7. The summed E-state index contributed by atoms with van der Waals surface area (Å²) in [6.07, 6.45) is 2.21. The lowest BCUT2D eigenvalue weighted by atomic mass is 9.82. The van der Waals surface area contributed by atoms with Crippen LogP contribution in [0.5, 0.6) is 11.5 Å². The molecule has 1 aromatic carbocycles. The highest BCUT2D eigenvalue weighted by atomic mass is 16.5. The molecule has 0 aromatic heterocycles. The van der Waals surface area contributed by atoms with Crippen molar-refractivity contribution >= 4 is 0 Å². The molecule has 1 N–H and O–H groups in total. The lowest BCUT2D eigenvalue weighted by molar-refractivity contribution is 0.342. The van der Waals surface area contributed by atoms with Crippen molar-refractivity contribution in [2.24, 2.45) is 5.92 Å². The number of piperidine rings is 1. The van der Waals surface area contributed by atoms with Crippen LogP contribution in [-0.4, -0.2) is 27.3 Å². The first-order valence-electron chi connectivity index (χ1n) is 6.62. The second-order valence-electron chi connectivity index (χ2n) is 4.82. The van der Waals surface area contributed by atoms with Crippen molar-refractivity contribution in [1.82, 2.24) is 5.32 Å². The van der Waals surface area contributed by atoms with Gasteiger partial charge in [0.1, 0.15) is 11.5 Å². The van der Waals surface area contributed by atoms with Crippen molar-refractivity contribution in [2.45, 2.75) is 18.8 Å². The second-order valence-corrected chi connectivity index (χ2v) is 4.82. The number of benzene rings is 1. The van der Waals surface area contributed by atoms with E-state index in [0.29, 0.717) is 5.92 Å². The number of hydrogen-bond donors (Lipinski definition) is 1. The Morgan fingerprint density at radius 3 is 2.79 bits per heavy atom. The van der Waals surface area contributed by atoms with Gasteiger partial charge in [0.05, 0.1) is 26.2 Å². The van der Waals surface area contributed by atoms with Crippen LogP contribution in [0.1, 0.15) is 24.3 Å². The molecule has 2 atom stereocenters. The van der Waals surface area contributed by atoms with Crippen molar-refractivity contribution in [3.05, 3.63) is 23.8 Å². The Morgan fingerprint density at radius 2 is 2.21 bits per heavy atom. The van der Waals surface area contributed by atoms with Crippen LogP contribution in [0.25, 0.3) is 0 Å². The molecule has 102 valence electrons. The highest BCUT2D eigenvalue weighted by Crippen LogP contribution is 2.36. The first-order valence-corrected chi connectivity index (χ1v) is 6.62. The average Bonchev–Trinajstić information content (AvgIpc) is 2.49. The number of nitrogens with zero attached hydrogens (tertiary/aromatic N) is 1. The summed E-state index contributed by atoms with van der Waals surface area (Å²) in [6.45, 7) is 1.95. The van der Waals surface area contributed by atoms with Crippen molar-refractivity contribution < 1.29 is 9.47 Å². The third-order valence-corrected chi connectivity index (χ3v) is 3.72. The molecular weight excluding hydrogens is 240 g/mol. The molecule has 1 aliphatic heterocycles. The van der Waals surface area contributed by atoms with Crippen LogP contribution < -0.4 is 14.8 Å². The molecule has 1 aliphatic rings. The standard InChI is InChI=1S/C15H20N2O2/c1-18-12-5-6-13(15(8-12)19-2)14(9-16)11-4-3-7-17-10-11/h5-6,8,11,14,17H,3-4,7,10H2,1-2H3. The zero-order valence-electron chi connectivity index (χ0n) is 11.5. The van der Waals surface area contributed by atoms with Crippen LogP contribution in [0.15, 0.2) is 18.2 Å². The summed E-state index contributed by atoms with van der Waals surface area (Å²) in [5.41, 5.74) is 0.958. The highest BCUT2D eigenvalue weighted by Gasteiger charge is 2.27. The molecule has 0 bridgehead atoms. The monoisotopic (exact) mass is 260 g/mol. The molecule has 0 spiro atoms. The van der Waals surface area contributed by atoms with Crippen molar-refractivity contribution in [1.29, 1.82) is 5.26 Å². The van der Waals surface area contributed by atoms with Crippen molar-refractivity contribution in [3.63, 3.8) is 0 Å². The van der Waals surface area contributed by atoms with Gasteiger partial charge in [-0.05, 0) is 37.9 Å². The van der Waals surface area contributed by atoms with Gasteiger partial charge in [0.2, 0.25) is 0 Å². The molecule has 1 heterocycles. The zero-order valence-corrected chi connectivity index (χ0v) is 11.5. The number of nitrogens with one attached hydrogen (secondary N) is 1. The number of methoxy groups -OCH3 is 2. The number of ether oxygens (including phenoxy) is 2. The molecule has 0 saturated carbocycles. The van der Waals surface area contributed by atoms with Gasteiger partial charge in [0.15, 0.2) is 0 Å². The van der Waals surface area contributed by atoms with Crippen LogP contribution in [0.2, 0.25) is 0 Å². The predicted octanol–water partition coefficient (Wildman–Crippen LogP) is 2.31. The Hall–Kier alpha value is -1.73. The Kier molecular flexibility index (Phi) is 4.64. The van der Waals surface area contributed by atoms with Crippen LogP contribution in [0.3, 0.4) is 0 Å². The van der Waals surface area contributed by atoms with Gasteiger partial charge >= 0.3 is 0 Å². The Morgan fingerprint density at radius 1 is 1.37 bits per heavy atom. The minimum absolute atomic E-state index is 0.131. The molecule has 0 aliphatic carbocycles. The number of rotatable bonds is 4. The molecule has 4 heteroatoms. The lowest BCUT2D eigenvalue weighted by Gasteiger charge is -2.27. The first-order chi connectivity index (χ1) is 9.30. The third kappa shape index (κ3) is 2.99. The Balaban J connectivity index is 2.29. The molecule has 0 amide bonds. The average molecular weight is 260 g/mol. The maximum absolute atomic E-state index is 9.51. The summed E-state index contributed by atoms with van der Waals surface area (Å²) < 4.78 is 10.6. The quantitative estimate of drug-likeness (QED) is 0.902. The van der Waals surface area contributed by atoms with E-state index < -0.39 is 0 Å². The molecule has 4 nitrogen and oxygen atoms in total. The Labute approximate surface area is 114 Å². The summed E-state index contributed by atoms with van der Waals surface area (Å²) in [5.74, 6) is 1.70. The topological polar surface area (TPSA) is 54.3 Å². The summed E-state index contributed by atoms with van der Waals surface area (Å²) in [6, 6.07) is 8.11. The summed E-state index contributed by atoms with van der Waals surface area (Å²) in [5, 5.41) is 12.9. The number of nitriles is 1. The fourth-order valence-electron chi connectivity index (χ4n) is 2.67. The largest absolute Gasteiger partial charge is 0.497 e. The van der Waals surface area contributed by atoms with Gasteiger partial charge < -0.3 is 14.8 Å². The number of hydrogen-bond acceptors (Lipinski definition) is 4. The van der Waals surface area contributed by atoms with Crippen LogP contribution >= 0.6 is 0 Å². The van der Waals surface area contributed by atoms with Gasteiger partial charge in [-0.25, -0.2) is 0 Å². The van der Waals surface area contributed by atoms with E-state index in [-0.39, 0.29) is 5.92 Å². The SMILES string of the molecule is COc1ccc(C(C#N)C2CCCNC2)c(OC)c1. The van der Waals surface area contributed by atoms with Gasteiger partial charge in [-0.3, -0.25) is 0 Å². The van der Waals surface area contributed by atoms with Crippen molar-refractivity contribution in [3.8, 4) is 17.6 Å². The smallest absolute Gasteiger partial charge is 0.127 e. The maximum atomic E-state index is 9.51. The maximum Gasteiger partial charge on any atom is 0.127 e. The minimum Gasteiger partial charge on any atom is -0.497 e. The molecule has 19 heavy (non-hydrogen) atoms. The molecule has 2 rings (SSSR count). The van der Waals surface area contributed by atoms with Crippen LogP contribution in [0, 0.1) is 17.2 Å². The van der Waals surface area contributed by atoms with Crippen LogP contribution in [0.4, 0.5) is 0 Å². The molecule has 1 fully saturated rings. The summed E-state index contributed by atoms with van der Waals surface area (Å²) >= 11 is 0. The highest BCUT2D eigenvalue weighted by molar-refractivity contribution is 5.45. The fraction of sp³-hybridized carbons (Fsp3) is 0.533. The molecule has 1 saturated heterocycles. The van der Waals surface area contributed by atoms with Crippen LogP contribution in [-0.2, 0) is 0 Å². The Bertz CT molecular complexity index is 462. The van der Waals surface area contributed by atoms with E-state index in [1.165, 1.54) is 0 Å². The normalized spacial score (nSPS) is 20.4.